The van der Waals surface area contributed by atoms with Gasteiger partial charge in [-0.3, -0.25) is 0 Å². The van der Waals surface area contributed by atoms with Crippen molar-refractivity contribution in [2.24, 2.45) is 0 Å². The largest absolute Gasteiger partial charge is 0.487 e. The minimum absolute atomic E-state index is 0.232. The molecule has 0 aliphatic heterocycles. The first-order valence-corrected chi connectivity index (χ1v) is 9.62. The second-order valence-electron chi connectivity index (χ2n) is 5.98. The summed E-state index contributed by atoms with van der Waals surface area (Å²) < 4.78 is 19.9. The van der Waals surface area contributed by atoms with Gasteiger partial charge in [0.05, 0.1) is 15.2 Å². The number of hydrogen-bond donors (Lipinski definition) is 1. The van der Waals surface area contributed by atoms with Gasteiger partial charge >= 0.3 is 0 Å². The van der Waals surface area contributed by atoms with E-state index in [1.807, 2.05) is 12.1 Å². The number of benzene rings is 2. The molecule has 2 aromatic heterocycles. The molecule has 0 spiro atoms. The molecule has 2 aromatic carbocycles. The fourth-order valence-electron chi connectivity index (χ4n) is 2.68. The van der Waals surface area contributed by atoms with Crippen LogP contribution in [0.5, 0.6) is 5.75 Å². The van der Waals surface area contributed by atoms with E-state index in [0.29, 0.717) is 16.6 Å². The van der Waals surface area contributed by atoms with Gasteiger partial charge in [-0.1, -0.05) is 36.4 Å². The lowest BCUT2D eigenvalue weighted by molar-refractivity contribution is 0.306. The SMILES string of the molecule is C=Cc1cc2ncnc(Nc3ccc(OCc4cccc(F)c4)c(Cl)c3)c2s1. The molecule has 1 N–H and O–H groups in total. The highest BCUT2D eigenvalue weighted by Gasteiger charge is 2.10. The van der Waals surface area contributed by atoms with Crippen molar-refractivity contribution in [3.63, 3.8) is 0 Å². The van der Waals surface area contributed by atoms with Gasteiger partial charge in [0.1, 0.15) is 24.5 Å². The molecule has 0 unspecified atom stereocenters. The lowest BCUT2D eigenvalue weighted by Gasteiger charge is -2.11. The molecule has 0 bridgehead atoms. The lowest BCUT2D eigenvalue weighted by atomic mass is 10.2. The second kappa shape index (κ2) is 7.96. The summed E-state index contributed by atoms with van der Waals surface area (Å²) in [6.07, 6.45) is 3.31. The summed E-state index contributed by atoms with van der Waals surface area (Å²) in [6, 6.07) is 13.6. The van der Waals surface area contributed by atoms with E-state index in [-0.39, 0.29) is 12.4 Å². The number of anilines is 2. The first-order valence-electron chi connectivity index (χ1n) is 8.43. The van der Waals surface area contributed by atoms with Gasteiger partial charge in [0.15, 0.2) is 5.82 Å². The number of halogens is 2. The quantitative estimate of drug-likeness (QED) is 0.396. The molecule has 0 radical (unpaired) electrons. The Balaban J connectivity index is 1.52. The highest BCUT2D eigenvalue weighted by molar-refractivity contribution is 7.20. The Kier molecular flexibility index (Phi) is 5.23. The van der Waals surface area contributed by atoms with Gasteiger partial charge in [0, 0.05) is 10.6 Å². The van der Waals surface area contributed by atoms with Crippen LogP contribution >= 0.6 is 22.9 Å². The summed E-state index contributed by atoms with van der Waals surface area (Å²) in [5.74, 6) is 0.929. The number of nitrogens with zero attached hydrogens (tertiary/aromatic N) is 2. The molecule has 28 heavy (non-hydrogen) atoms. The minimum Gasteiger partial charge on any atom is -0.487 e. The Hall–Kier alpha value is -2.96. The van der Waals surface area contributed by atoms with Gasteiger partial charge < -0.3 is 10.1 Å². The number of nitrogens with one attached hydrogen (secondary N) is 1. The van der Waals surface area contributed by atoms with E-state index in [1.165, 1.54) is 18.5 Å². The molecule has 4 nitrogen and oxygen atoms in total. The van der Waals surface area contributed by atoms with Crippen molar-refractivity contribution in [1.82, 2.24) is 9.97 Å². The normalized spacial score (nSPS) is 10.8. The molecule has 0 saturated carbocycles. The summed E-state index contributed by atoms with van der Waals surface area (Å²) in [7, 11) is 0. The van der Waals surface area contributed by atoms with Crippen molar-refractivity contribution >= 4 is 50.7 Å². The van der Waals surface area contributed by atoms with Crippen molar-refractivity contribution in [2.75, 3.05) is 5.32 Å². The van der Waals surface area contributed by atoms with Crippen molar-refractivity contribution in [3.8, 4) is 5.75 Å². The summed E-state index contributed by atoms with van der Waals surface area (Å²) in [4.78, 5) is 9.64. The number of hydrogen-bond acceptors (Lipinski definition) is 5. The van der Waals surface area contributed by atoms with Crippen LogP contribution in [-0.4, -0.2) is 9.97 Å². The fraction of sp³-hybridized carbons (Fsp3) is 0.0476. The third kappa shape index (κ3) is 3.98. The zero-order chi connectivity index (χ0) is 19.5. The Morgan fingerprint density at radius 3 is 2.86 bits per heavy atom. The number of fused-ring (bicyclic) bond motifs is 1. The molecule has 0 aliphatic carbocycles. The molecule has 140 valence electrons. The van der Waals surface area contributed by atoms with Gasteiger partial charge in [0.2, 0.25) is 0 Å². The van der Waals surface area contributed by atoms with Gasteiger partial charge in [-0.2, -0.15) is 0 Å². The van der Waals surface area contributed by atoms with Crippen LogP contribution in [0.4, 0.5) is 15.9 Å². The zero-order valence-electron chi connectivity index (χ0n) is 14.7. The van der Waals surface area contributed by atoms with Crippen molar-refractivity contribution in [1.29, 1.82) is 0 Å². The van der Waals surface area contributed by atoms with Crippen LogP contribution in [0.15, 0.2) is 61.4 Å². The molecular formula is C21H15ClFN3OS. The smallest absolute Gasteiger partial charge is 0.151 e. The summed E-state index contributed by atoms with van der Waals surface area (Å²) in [6.45, 7) is 4.03. The Morgan fingerprint density at radius 1 is 1.18 bits per heavy atom. The molecule has 7 heteroatoms. The molecule has 4 rings (SSSR count). The predicted octanol–water partition coefficient (Wildman–Crippen LogP) is 6.45. The molecule has 0 atom stereocenters. The third-order valence-electron chi connectivity index (χ3n) is 4.01. The number of thiophene rings is 1. The second-order valence-corrected chi connectivity index (χ2v) is 7.47. The molecule has 0 aliphatic rings. The predicted molar refractivity (Wildman–Crippen MR) is 113 cm³/mol. The highest BCUT2D eigenvalue weighted by Crippen LogP contribution is 2.33. The first kappa shape index (κ1) is 18.4. The third-order valence-corrected chi connectivity index (χ3v) is 5.43. The Labute approximate surface area is 170 Å². The van der Waals surface area contributed by atoms with E-state index in [2.05, 4.69) is 21.9 Å². The molecule has 0 fully saturated rings. The fourth-order valence-corrected chi connectivity index (χ4v) is 3.82. The molecule has 2 heterocycles. The van der Waals surface area contributed by atoms with Crippen molar-refractivity contribution in [3.05, 3.63) is 82.7 Å². The maximum atomic E-state index is 13.3. The van der Waals surface area contributed by atoms with Crippen LogP contribution in [0.2, 0.25) is 5.02 Å². The van der Waals surface area contributed by atoms with Gasteiger partial charge in [-0.05, 0) is 42.0 Å². The molecule has 0 amide bonds. The zero-order valence-corrected chi connectivity index (χ0v) is 16.2. The minimum atomic E-state index is -0.295. The number of aromatic nitrogens is 2. The molecular weight excluding hydrogens is 397 g/mol. The topological polar surface area (TPSA) is 47.0 Å². The van der Waals surface area contributed by atoms with Crippen LogP contribution in [0.3, 0.4) is 0 Å². The van der Waals surface area contributed by atoms with Crippen LogP contribution < -0.4 is 10.1 Å². The Morgan fingerprint density at radius 2 is 2.07 bits per heavy atom. The van der Waals surface area contributed by atoms with Crippen LogP contribution in [0.1, 0.15) is 10.4 Å². The van der Waals surface area contributed by atoms with Crippen LogP contribution in [0, 0.1) is 5.82 Å². The highest BCUT2D eigenvalue weighted by atomic mass is 35.5. The van der Waals surface area contributed by atoms with Crippen molar-refractivity contribution in [2.45, 2.75) is 6.61 Å². The van der Waals surface area contributed by atoms with E-state index < -0.39 is 0 Å². The number of ether oxygens (including phenoxy) is 1. The molecule has 4 aromatic rings. The monoisotopic (exact) mass is 411 g/mol. The van der Waals surface area contributed by atoms with Gasteiger partial charge in [0.25, 0.3) is 0 Å². The van der Waals surface area contributed by atoms with Crippen LogP contribution in [0.25, 0.3) is 16.3 Å². The molecule has 0 saturated heterocycles. The van der Waals surface area contributed by atoms with E-state index in [0.717, 1.165) is 26.3 Å². The maximum absolute atomic E-state index is 13.3. The average Bonchev–Trinajstić information content (AvgIpc) is 3.12. The summed E-state index contributed by atoms with van der Waals surface area (Å²) in [5.41, 5.74) is 2.37. The standard InChI is InChI=1S/C21H15ClFN3OS/c1-2-16-10-18-20(28-16)21(25-12-24-18)26-15-6-7-19(17(22)9-15)27-11-13-4-3-5-14(23)8-13/h2-10,12H,1,11H2,(H,24,25,26). The van der Waals surface area contributed by atoms with E-state index in [9.17, 15) is 4.39 Å². The van der Waals surface area contributed by atoms with Crippen molar-refractivity contribution < 1.29 is 9.13 Å². The summed E-state index contributed by atoms with van der Waals surface area (Å²) >= 11 is 7.92. The lowest BCUT2D eigenvalue weighted by Crippen LogP contribution is -1.98. The average molecular weight is 412 g/mol. The first-order chi connectivity index (χ1) is 13.6. The van der Waals surface area contributed by atoms with E-state index in [1.54, 1.807) is 41.7 Å². The number of rotatable bonds is 6. The van der Waals surface area contributed by atoms with E-state index in [4.69, 9.17) is 16.3 Å². The van der Waals surface area contributed by atoms with Gasteiger partial charge in [-0.15, -0.1) is 11.3 Å². The van der Waals surface area contributed by atoms with Crippen LogP contribution in [-0.2, 0) is 6.61 Å². The van der Waals surface area contributed by atoms with Gasteiger partial charge in [-0.25, -0.2) is 14.4 Å². The maximum Gasteiger partial charge on any atom is 0.151 e. The van der Waals surface area contributed by atoms with E-state index >= 15 is 0 Å². The Bertz CT molecular complexity index is 1160. The summed E-state index contributed by atoms with van der Waals surface area (Å²) in [5, 5.41) is 3.72.